The molecule has 0 aliphatic rings. The third kappa shape index (κ3) is 10.6. The standard InChI is InChI=1S/C32H46FN5O7S/c1-8-22(20-9-11-21(33)12-10-20)27(39)38-31-23(32(43)44-7)19(6)26(46-31)30(42)36-14-16-45-15-13-35-29(41)25(18(4)5)37-28(40)24(34)17(2)3/h9-12,17-18,22,24-25H,8,13-16,34H2,1-7H3,(H,35,41)(H,36,42)(H,37,40)(H,38,39). The smallest absolute Gasteiger partial charge is 0.341 e. The van der Waals surface area contributed by atoms with Gasteiger partial charge in [-0.1, -0.05) is 46.8 Å². The van der Waals surface area contributed by atoms with Gasteiger partial charge < -0.3 is 36.5 Å². The molecule has 3 atom stereocenters. The first kappa shape index (κ1) is 38.3. The van der Waals surface area contributed by atoms with Crippen LogP contribution in [0.25, 0.3) is 0 Å². The Morgan fingerprint density at radius 2 is 1.52 bits per heavy atom. The molecule has 0 saturated carbocycles. The van der Waals surface area contributed by atoms with Crippen molar-refractivity contribution in [1.29, 1.82) is 0 Å². The summed E-state index contributed by atoms with van der Waals surface area (Å²) >= 11 is 0.948. The molecular weight excluding hydrogens is 617 g/mol. The molecule has 0 bridgehead atoms. The number of hydrogen-bond acceptors (Lipinski definition) is 9. The molecule has 0 saturated heterocycles. The predicted octanol–water partition coefficient (Wildman–Crippen LogP) is 3.10. The summed E-state index contributed by atoms with van der Waals surface area (Å²) in [5.41, 5.74) is 6.94. The van der Waals surface area contributed by atoms with Gasteiger partial charge >= 0.3 is 5.97 Å². The second kappa shape index (κ2) is 18.3. The second-order valence-electron chi connectivity index (χ2n) is 11.4. The Kier molecular flexibility index (Phi) is 15.2. The number of rotatable bonds is 17. The van der Waals surface area contributed by atoms with Crippen molar-refractivity contribution in [2.24, 2.45) is 17.6 Å². The van der Waals surface area contributed by atoms with Gasteiger partial charge in [0, 0.05) is 13.1 Å². The van der Waals surface area contributed by atoms with Crippen molar-refractivity contribution < 1.29 is 37.8 Å². The molecule has 14 heteroatoms. The quantitative estimate of drug-likeness (QED) is 0.127. The van der Waals surface area contributed by atoms with Crippen LogP contribution in [0.15, 0.2) is 24.3 Å². The van der Waals surface area contributed by atoms with E-state index >= 15 is 0 Å². The minimum Gasteiger partial charge on any atom is -0.465 e. The molecule has 3 unspecified atom stereocenters. The predicted molar refractivity (Wildman–Crippen MR) is 174 cm³/mol. The number of thiophene rings is 1. The fourth-order valence-electron chi connectivity index (χ4n) is 4.50. The molecule has 2 rings (SSSR count). The number of anilines is 1. The van der Waals surface area contributed by atoms with E-state index in [9.17, 15) is 28.4 Å². The van der Waals surface area contributed by atoms with Crippen LogP contribution in [0.4, 0.5) is 9.39 Å². The zero-order valence-corrected chi connectivity index (χ0v) is 28.3. The average molecular weight is 664 g/mol. The lowest BCUT2D eigenvalue weighted by Gasteiger charge is -2.24. The molecule has 0 aliphatic carbocycles. The molecule has 4 amide bonds. The van der Waals surface area contributed by atoms with E-state index in [0.717, 1.165) is 11.3 Å². The molecule has 1 aromatic heterocycles. The summed E-state index contributed by atoms with van der Waals surface area (Å²) in [4.78, 5) is 64.0. The lowest BCUT2D eigenvalue weighted by atomic mass is 9.95. The van der Waals surface area contributed by atoms with E-state index in [2.05, 4.69) is 21.3 Å². The van der Waals surface area contributed by atoms with Gasteiger partial charge in [0.1, 0.15) is 16.9 Å². The van der Waals surface area contributed by atoms with Crippen LogP contribution in [0.2, 0.25) is 0 Å². The maximum atomic E-state index is 13.4. The molecule has 6 N–H and O–H groups in total. The zero-order valence-electron chi connectivity index (χ0n) is 27.5. The fraction of sp³-hybridized carbons (Fsp3) is 0.531. The van der Waals surface area contributed by atoms with Crippen molar-refractivity contribution in [2.45, 2.75) is 66.0 Å². The molecule has 1 aromatic carbocycles. The van der Waals surface area contributed by atoms with Gasteiger partial charge in [-0.15, -0.1) is 11.3 Å². The Hall–Kier alpha value is -3.88. The Bertz CT molecular complexity index is 1360. The Morgan fingerprint density at radius 3 is 2.07 bits per heavy atom. The number of carbonyl (C=O) groups excluding carboxylic acids is 5. The van der Waals surface area contributed by atoms with Crippen molar-refractivity contribution in [2.75, 3.05) is 38.7 Å². The van der Waals surface area contributed by atoms with E-state index in [4.69, 9.17) is 15.2 Å². The number of esters is 1. The van der Waals surface area contributed by atoms with E-state index in [-0.39, 0.29) is 65.4 Å². The van der Waals surface area contributed by atoms with Crippen LogP contribution in [0.1, 0.15) is 78.1 Å². The van der Waals surface area contributed by atoms with E-state index in [1.165, 1.54) is 31.4 Å². The Labute approximate surface area is 273 Å². The van der Waals surface area contributed by atoms with Gasteiger partial charge in [0.05, 0.1) is 42.7 Å². The lowest BCUT2D eigenvalue weighted by Crippen LogP contribution is -2.55. The number of ether oxygens (including phenoxy) is 2. The number of hydrogen-bond donors (Lipinski definition) is 5. The zero-order chi connectivity index (χ0) is 34.6. The highest BCUT2D eigenvalue weighted by Gasteiger charge is 2.29. The largest absolute Gasteiger partial charge is 0.465 e. The van der Waals surface area contributed by atoms with Crippen LogP contribution >= 0.6 is 11.3 Å². The van der Waals surface area contributed by atoms with E-state index in [1.54, 1.807) is 6.92 Å². The number of nitrogens with one attached hydrogen (secondary N) is 4. The summed E-state index contributed by atoms with van der Waals surface area (Å²) < 4.78 is 23.8. The lowest BCUT2D eigenvalue weighted by molar-refractivity contribution is -0.131. The van der Waals surface area contributed by atoms with Gasteiger partial charge in [0.25, 0.3) is 5.91 Å². The molecular formula is C32H46FN5O7S. The molecule has 46 heavy (non-hydrogen) atoms. The van der Waals surface area contributed by atoms with Crippen LogP contribution < -0.4 is 27.0 Å². The normalized spacial score (nSPS) is 13.1. The average Bonchev–Trinajstić information content (AvgIpc) is 3.34. The highest BCUT2D eigenvalue weighted by molar-refractivity contribution is 7.18. The minimum atomic E-state index is -0.744. The summed E-state index contributed by atoms with van der Waals surface area (Å²) in [6, 6.07) is 4.16. The highest BCUT2D eigenvalue weighted by Crippen LogP contribution is 2.35. The van der Waals surface area contributed by atoms with Gasteiger partial charge in [0.15, 0.2) is 0 Å². The summed E-state index contributed by atoms with van der Waals surface area (Å²) in [6.45, 7) is 11.3. The van der Waals surface area contributed by atoms with Gasteiger partial charge in [-0.05, 0) is 48.4 Å². The molecule has 2 aromatic rings. The van der Waals surface area contributed by atoms with Crippen LogP contribution in [0.5, 0.6) is 0 Å². The summed E-state index contributed by atoms with van der Waals surface area (Å²) in [6.07, 6.45) is 0.425. The van der Waals surface area contributed by atoms with Gasteiger partial charge in [-0.3, -0.25) is 19.2 Å². The first-order valence-corrected chi connectivity index (χ1v) is 16.0. The first-order chi connectivity index (χ1) is 21.7. The third-order valence-corrected chi connectivity index (χ3v) is 8.53. The van der Waals surface area contributed by atoms with E-state index in [0.29, 0.717) is 17.5 Å². The number of carbonyl (C=O) groups is 5. The molecule has 0 fully saturated rings. The third-order valence-electron chi connectivity index (χ3n) is 7.32. The van der Waals surface area contributed by atoms with E-state index in [1.807, 2.05) is 34.6 Å². The number of amides is 4. The number of benzene rings is 1. The van der Waals surface area contributed by atoms with Gasteiger partial charge in [-0.25, -0.2) is 9.18 Å². The highest BCUT2D eigenvalue weighted by atomic mass is 32.1. The number of halogens is 1. The molecule has 12 nitrogen and oxygen atoms in total. The van der Waals surface area contributed by atoms with Crippen molar-refractivity contribution in [3.05, 3.63) is 51.7 Å². The molecule has 0 spiro atoms. The van der Waals surface area contributed by atoms with Crippen molar-refractivity contribution in [3.63, 3.8) is 0 Å². The SMILES string of the molecule is CCC(C(=O)Nc1sc(C(=O)NCCOCCNC(=O)C(NC(=O)C(N)C(C)C)C(C)C)c(C)c1C(=O)OC)c1ccc(F)cc1. The number of methoxy groups -OCH3 is 1. The van der Waals surface area contributed by atoms with Gasteiger partial charge in [0.2, 0.25) is 17.7 Å². The van der Waals surface area contributed by atoms with Crippen molar-refractivity contribution >= 4 is 45.9 Å². The summed E-state index contributed by atoms with van der Waals surface area (Å²) in [7, 11) is 1.21. The molecule has 1 heterocycles. The Morgan fingerprint density at radius 1 is 0.913 bits per heavy atom. The molecule has 0 radical (unpaired) electrons. The molecule has 254 valence electrons. The second-order valence-corrected chi connectivity index (χ2v) is 12.4. The summed E-state index contributed by atoms with van der Waals surface area (Å²) in [5.74, 6) is -3.57. The fourth-order valence-corrected chi connectivity index (χ4v) is 5.61. The van der Waals surface area contributed by atoms with Crippen LogP contribution in [0.3, 0.4) is 0 Å². The van der Waals surface area contributed by atoms with Crippen molar-refractivity contribution in [1.82, 2.24) is 16.0 Å². The monoisotopic (exact) mass is 663 g/mol. The first-order valence-electron chi connectivity index (χ1n) is 15.2. The van der Waals surface area contributed by atoms with Crippen LogP contribution in [0, 0.1) is 24.6 Å². The maximum absolute atomic E-state index is 13.4. The topological polar surface area (TPSA) is 178 Å². The molecule has 0 aliphatic heterocycles. The van der Waals surface area contributed by atoms with Crippen LogP contribution in [-0.4, -0.2) is 75.1 Å². The van der Waals surface area contributed by atoms with E-state index < -0.39 is 41.6 Å². The number of nitrogens with two attached hydrogens (primary N) is 1. The maximum Gasteiger partial charge on any atom is 0.341 e. The van der Waals surface area contributed by atoms with Gasteiger partial charge in [-0.2, -0.15) is 0 Å². The summed E-state index contributed by atoms with van der Waals surface area (Å²) in [5, 5.41) is 11.1. The Balaban J connectivity index is 1.93. The minimum absolute atomic E-state index is 0.0705. The van der Waals surface area contributed by atoms with Crippen molar-refractivity contribution in [3.8, 4) is 0 Å². The van der Waals surface area contributed by atoms with Crippen LogP contribution in [-0.2, 0) is 23.9 Å².